The summed E-state index contributed by atoms with van der Waals surface area (Å²) in [7, 11) is 0. The number of aromatic hydroxyl groups is 1. The van der Waals surface area contributed by atoms with Crippen LogP contribution in [0, 0.1) is 0 Å². The van der Waals surface area contributed by atoms with Gasteiger partial charge in [-0.15, -0.1) is 10.2 Å². The zero-order valence-corrected chi connectivity index (χ0v) is 19.9. The second-order valence-corrected chi connectivity index (χ2v) is 8.75. The number of phenols is 1. The molecule has 0 radical (unpaired) electrons. The molecule has 33 heavy (non-hydrogen) atoms. The van der Waals surface area contributed by atoms with Gasteiger partial charge >= 0.3 is 0 Å². The number of carbonyl (C=O) groups is 1. The number of phenolic OH excluding ortho intramolecular Hbond substituents is 1. The maximum Gasteiger partial charge on any atom is 0.250 e. The molecular formula is C23H19BrN6O2S. The number of pyridine rings is 1. The fourth-order valence-electron chi connectivity index (χ4n) is 3.02. The van der Waals surface area contributed by atoms with E-state index < -0.39 is 0 Å². The first-order chi connectivity index (χ1) is 16.0. The van der Waals surface area contributed by atoms with Crippen LogP contribution in [-0.2, 0) is 4.79 Å². The number of rotatable bonds is 7. The number of amides is 1. The van der Waals surface area contributed by atoms with Gasteiger partial charge in [0.05, 0.1) is 11.5 Å². The highest BCUT2D eigenvalue weighted by Crippen LogP contribution is 2.28. The summed E-state index contributed by atoms with van der Waals surface area (Å²) in [6.45, 7) is 1.72. The van der Waals surface area contributed by atoms with Gasteiger partial charge < -0.3 is 5.11 Å². The molecule has 2 heterocycles. The molecule has 2 aromatic heterocycles. The number of nitrogens with zero attached hydrogens (tertiary/aromatic N) is 5. The van der Waals surface area contributed by atoms with Crippen LogP contribution in [0.25, 0.3) is 17.1 Å². The van der Waals surface area contributed by atoms with E-state index in [0.717, 1.165) is 15.7 Å². The van der Waals surface area contributed by atoms with Crippen molar-refractivity contribution in [1.29, 1.82) is 0 Å². The lowest BCUT2D eigenvalue weighted by Gasteiger charge is -2.10. The van der Waals surface area contributed by atoms with Gasteiger partial charge in [0.15, 0.2) is 11.0 Å². The Kier molecular flexibility index (Phi) is 7.16. The number of hydrogen-bond donors (Lipinski definition) is 2. The predicted octanol–water partition coefficient (Wildman–Crippen LogP) is 4.43. The first-order valence-electron chi connectivity index (χ1n) is 9.89. The summed E-state index contributed by atoms with van der Waals surface area (Å²) in [6, 6.07) is 18.3. The average molecular weight is 523 g/mol. The molecule has 1 amide bonds. The highest BCUT2D eigenvalue weighted by Gasteiger charge is 2.17. The number of para-hydroxylation sites is 1. The first-order valence-corrected chi connectivity index (χ1v) is 11.7. The Morgan fingerprint density at radius 2 is 1.82 bits per heavy atom. The molecule has 2 aromatic carbocycles. The summed E-state index contributed by atoms with van der Waals surface area (Å²) in [4.78, 5) is 16.5. The summed E-state index contributed by atoms with van der Waals surface area (Å²) in [5, 5.41) is 23.3. The van der Waals surface area contributed by atoms with Crippen LogP contribution in [0.2, 0.25) is 0 Å². The van der Waals surface area contributed by atoms with Crippen LogP contribution in [0.4, 0.5) is 0 Å². The molecule has 166 valence electrons. The van der Waals surface area contributed by atoms with Crippen molar-refractivity contribution in [3.8, 4) is 22.8 Å². The number of hydrogen-bond acceptors (Lipinski definition) is 7. The van der Waals surface area contributed by atoms with Gasteiger partial charge in [0.1, 0.15) is 5.75 Å². The number of carbonyl (C=O) groups excluding carboxylic acids is 1. The lowest BCUT2D eigenvalue weighted by atomic mass is 10.1. The maximum atomic E-state index is 12.4. The molecule has 0 aliphatic carbocycles. The summed E-state index contributed by atoms with van der Waals surface area (Å²) < 4.78 is 2.85. The quantitative estimate of drug-likeness (QED) is 0.211. The third-order valence-electron chi connectivity index (χ3n) is 4.63. The summed E-state index contributed by atoms with van der Waals surface area (Å²) in [5.41, 5.74) is 5.32. The number of benzene rings is 2. The molecule has 4 aromatic rings. The number of hydrazone groups is 1. The molecule has 0 saturated heterocycles. The molecule has 0 spiro atoms. The number of halogens is 1. The van der Waals surface area contributed by atoms with Crippen molar-refractivity contribution in [3.05, 3.63) is 83.1 Å². The molecule has 2 N–H and O–H groups in total. The zero-order valence-electron chi connectivity index (χ0n) is 17.5. The number of nitrogens with one attached hydrogen (secondary N) is 1. The lowest BCUT2D eigenvalue weighted by molar-refractivity contribution is -0.118. The molecule has 0 fully saturated rings. The Labute approximate surface area is 202 Å². The Morgan fingerprint density at radius 3 is 2.55 bits per heavy atom. The van der Waals surface area contributed by atoms with Crippen LogP contribution in [0.15, 0.2) is 87.8 Å². The van der Waals surface area contributed by atoms with Gasteiger partial charge in [-0.05, 0) is 55.5 Å². The second-order valence-electron chi connectivity index (χ2n) is 6.89. The van der Waals surface area contributed by atoms with Gasteiger partial charge in [-0.3, -0.25) is 14.3 Å². The highest BCUT2D eigenvalue weighted by molar-refractivity contribution is 9.10. The van der Waals surface area contributed by atoms with Crippen LogP contribution in [0.1, 0.15) is 12.5 Å². The summed E-state index contributed by atoms with van der Waals surface area (Å²) >= 11 is 4.71. The van der Waals surface area contributed by atoms with Gasteiger partial charge in [-0.1, -0.05) is 39.8 Å². The van der Waals surface area contributed by atoms with Crippen molar-refractivity contribution in [3.63, 3.8) is 0 Å². The van der Waals surface area contributed by atoms with Crippen LogP contribution in [0.5, 0.6) is 5.75 Å². The molecule has 0 bridgehead atoms. The van der Waals surface area contributed by atoms with E-state index >= 15 is 0 Å². The molecule has 0 unspecified atom stereocenters. The van der Waals surface area contributed by atoms with Gasteiger partial charge in [0, 0.05) is 33.7 Å². The minimum absolute atomic E-state index is 0.0859. The Balaban J connectivity index is 1.53. The van der Waals surface area contributed by atoms with E-state index in [1.807, 2.05) is 41.0 Å². The van der Waals surface area contributed by atoms with E-state index in [0.29, 0.717) is 22.3 Å². The molecule has 0 aliphatic heterocycles. The van der Waals surface area contributed by atoms with Crippen molar-refractivity contribution in [2.75, 3.05) is 5.75 Å². The van der Waals surface area contributed by atoms with Gasteiger partial charge in [0.2, 0.25) is 0 Å². The standard InChI is InChI=1S/C23H19BrN6O2S/c1-15(19-4-2-3-5-20(19)31)26-27-21(32)14-33-23-29-28-22(16-10-12-25-13-11-16)30(23)18-8-6-17(24)7-9-18/h2-13,31H,14H2,1H3,(H,27,32). The van der Waals surface area contributed by atoms with Crippen molar-refractivity contribution >= 4 is 39.3 Å². The first kappa shape index (κ1) is 22.7. The molecule has 8 nitrogen and oxygen atoms in total. The molecule has 0 atom stereocenters. The minimum Gasteiger partial charge on any atom is -0.507 e. The van der Waals surface area contributed by atoms with E-state index in [2.05, 4.69) is 41.6 Å². The van der Waals surface area contributed by atoms with Crippen molar-refractivity contribution < 1.29 is 9.90 Å². The van der Waals surface area contributed by atoms with E-state index in [9.17, 15) is 9.90 Å². The molecular weight excluding hydrogens is 504 g/mol. The van der Waals surface area contributed by atoms with Crippen LogP contribution in [-0.4, -0.2) is 42.2 Å². The fraction of sp³-hybridized carbons (Fsp3) is 0.0870. The highest BCUT2D eigenvalue weighted by atomic mass is 79.9. The van der Waals surface area contributed by atoms with Crippen molar-refractivity contribution in [1.82, 2.24) is 25.2 Å². The van der Waals surface area contributed by atoms with Crippen molar-refractivity contribution in [2.24, 2.45) is 5.10 Å². The normalized spacial score (nSPS) is 11.4. The SMILES string of the molecule is CC(=NNC(=O)CSc1nnc(-c2ccncc2)n1-c1ccc(Br)cc1)c1ccccc1O. The maximum absolute atomic E-state index is 12.4. The molecule has 10 heteroatoms. The van der Waals surface area contributed by atoms with Gasteiger partial charge in [-0.25, -0.2) is 5.43 Å². The smallest absolute Gasteiger partial charge is 0.250 e. The third kappa shape index (κ3) is 5.47. The Hall–Kier alpha value is -3.50. The Morgan fingerprint density at radius 1 is 1.09 bits per heavy atom. The zero-order chi connectivity index (χ0) is 23.2. The van der Waals surface area contributed by atoms with Gasteiger partial charge in [-0.2, -0.15) is 5.10 Å². The lowest BCUT2D eigenvalue weighted by Crippen LogP contribution is -2.21. The molecule has 4 rings (SSSR count). The summed E-state index contributed by atoms with van der Waals surface area (Å²) in [6.07, 6.45) is 3.39. The van der Waals surface area contributed by atoms with Crippen LogP contribution >= 0.6 is 27.7 Å². The molecule has 0 saturated carbocycles. The van der Waals surface area contributed by atoms with Gasteiger partial charge in [0.25, 0.3) is 5.91 Å². The van der Waals surface area contributed by atoms with Crippen molar-refractivity contribution in [2.45, 2.75) is 12.1 Å². The molecule has 0 aliphatic rings. The topological polar surface area (TPSA) is 105 Å². The second kappa shape index (κ2) is 10.4. The number of thioether (sulfide) groups is 1. The van der Waals surface area contributed by atoms with E-state index in [1.54, 1.807) is 43.6 Å². The predicted molar refractivity (Wildman–Crippen MR) is 131 cm³/mol. The minimum atomic E-state index is -0.300. The average Bonchev–Trinajstić information content (AvgIpc) is 3.26. The number of aromatic nitrogens is 4. The van der Waals surface area contributed by atoms with Crippen LogP contribution in [0.3, 0.4) is 0 Å². The monoisotopic (exact) mass is 522 g/mol. The Bertz CT molecular complexity index is 1290. The van der Waals surface area contributed by atoms with E-state index in [-0.39, 0.29) is 17.4 Å². The van der Waals surface area contributed by atoms with E-state index in [1.165, 1.54) is 11.8 Å². The third-order valence-corrected chi connectivity index (χ3v) is 6.09. The summed E-state index contributed by atoms with van der Waals surface area (Å²) in [5.74, 6) is 0.540. The fourth-order valence-corrected chi connectivity index (χ4v) is 4.03. The van der Waals surface area contributed by atoms with E-state index in [4.69, 9.17) is 0 Å². The van der Waals surface area contributed by atoms with Crippen LogP contribution < -0.4 is 5.43 Å². The largest absolute Gasteiger partial charge is 0.507 e.